The van der Waals surface area contributed by atoms with Gasteiger partial charge in [0.25, 0.3) is 5.91 Å². The molecule has 0 atom stereocenters. The van der Waals surface area contributed by atoms with Crippen molar-refractivity contribution in [1.29, 1.82) is 0 Å². The number of halogens is 2. The molecule has 0 spiro atoms. The van der Waals surface area contributed by atoms with E-state index in [1.807, 2.05) is 55.5 Å². The average Bonchev–Trinajstić information content (AvgIpc) is 2.65. The summed E-state index contributed by atoms with van der Waals surface area (Å²) in [6.07, 6.45) is 6.35. The molecule has 0 unspecified atom stereocenters. The molecule has 0 bridgehead atoms. The fraction of sp³-hybridized carbons (Fsp3) is 0.381. The molecule has 1 saturated carbocycles. The fourth-order valence-corrected chi connectivity index (χ4v) is 3.58. The number of hydrogen-bond acceptors (Lipinski definition) is 2. The van der Waals surface area contributed by atoms with Gasteiger partial charge < -0.3 is 5.32 Å². The lowest BCUT2D eigenvalue weighted by Gasteiger charge is -2.26. The molecule has 2 aromatic carbocycles. The van der Waals surface area contributed by atoms with Crippen molar-refractivity contribution in [2.75, 3.05) is 10.2 Å². The molecule has 0 aromatic heterocycles. The van der Waals surface area contributed by atoms with Gasteiger partial charge in [0.1, 0.15) is 0 Å². The molecule has 138 valence electrons. The zero-order valence-electron chi connectivity index (χ0n) is 14.9. The fourth-order valence-electron chi connectivity index (χ4n) is 3.38. The van der Waals surface area contributed by atoms with Crippen LogP contribution in [0.2, 0.25) is 0 Å². The molecule has 1 aliphatic carbocycles. The lowest BCUT2D eigenvalue weighted by atomic mass is 9.95. The summed E-state index contributed by atoms with van der Waals surface area (Å²) in [6.45, 7) is 2.01. The van der Waals surface area contributed by atoms with Crippen molar-refractivity contribution in [3.05, 3.63) is 54.1 Å². The first-order valence-electron chi connectivity index (χ1n) is 9.10. The van der Waals surface area contributed by atoms with Gasteiger partial charge in [-0.3, -0.25) is 9.69 Å². The summed E-state index contributed by atoms with van der Waals surface area (Å²) in [7, 11) is 0. The Morgan fingerprint density at radius 3 is 2.04 bits per heavy atom. The Hall–Kier alpha value is -1.71. The number of hydrogen-bond donors (Lipinski definition) is 1. The first-order chi connectivity index (χ1) is 12.5. The van der Waals surface area contributed by atoms with Crippen LogP contribution < -0.4 is 10.2 Å². The van der Waals surface area contributed by atoms with Crippen molar-refractivity contribution in [1.82, 2.24) is 0 Å². The number of carbonyl (C=O) groups excluding carboxylic acids is 1. The van der Waals surface area contributed by atoms with Gasteiger partial charge in [-0.2, -0.15) is 0 Å². The van der Waals surface area contributed by atoms with E-state index in [2.05, 4.69) is 5.32 Å². The molecule has 2 aromatic rings. The van der Waals surface area contributed by atoms with Crippen LogP contribution in [0.25, 0.3) is 0 Å². The van der Waals surface area contributed by atoms with E-state index in [0.29, 0.717) is 6.04 Å². The average molecular weight is 391 g/mol. The van der Waals surface area contributed by atoms with Gasteiger partial charge in [0.2, 0.25) is 0 Å². The number of nitrogens with zero attached hydrogens (tertiary/aromatic N) is 1. The molecule has 3 rings (SSSR count). The van der Waals surface area contributed by atoms with Gasteiger partial charge in [-0.15, -0.1) is 0 Å². The third-order valence-electron chi connectivity index (χ3n) is 4.80. The van der Waals surface area contributed by atoms with Crippen LogP contribution in [0.4, 0.5) is 17.1 Å². The predicted octanol–water partition coefficient (Wildman–Crippen LogP) is 6.21. The molecule has 1 amide bonds. The maximum absolute atomic E-state index is 12.6. The molecule has 26 heavy (non-hydrogen) atoms. The van der Waals surface area contributed by atoms with Gasteiger partial charge >= 0.3 is 0 Å². The summed E-state index contributed by atoms with van der Waals surface area (Å²) in [5.74, 6) is -0.356. The Morgan fingerprint density at radius 2 is 1.50 bits per heavy atom. The summed E-state index contributed by atoms with van der Waals surface area (Å²) in [5, 5.41) is 3.59. The van der Waals surface area contributed by atoms with Crippen molar-refractivity contribution in [3.8, 4) is 0 Å². The summed E-state index contributed by atoms with van der Waals surface area (Å²) < 4.78 is 0. The highest BCUT2D eigenvalue weighted by atomic mass is 35.5. The predicted molar refractivity (Wildman–Crippen MR) is 111 cm³/mol. The summed E-state index contributed by atoms with van der Waals surface area (Å²) >= 11 is 11.8. The number of amides is 1. The van der Waals surface area contributed by atoms with E-state index in [1.165, 1.54) is 32.1 Å². The number of rotatable bonds is 5. The van der Waals surface area contributed by atoms with Crippen molar-refractivity contribution in [2.45, 2.75) is 49.9 Å². The van der Waals surface area contributed by atoms with Gasteiger partial charge in [-0.25, -0.2) is 0 Å². The van der Waals surface area contributed by atoms with Crippen molar-refractivity contribution in [2.24, 2.45) is 0 Å². The summed E-state index contributed by atoms with van der Waals surface area (Å²) in [4.78, 5) is 13.0. The van der Waals surface area contributed by atoms with E-state index in [-0.39, 0.29) is 5.91 Å². The zero-order chi connectivity index (χ0) is 18.5. The number of anilines is 3. The SMILES string of the molecule is Cc1ccc(N(C(=O)C(Cl)Cl)c2ccc(NC3CCCCC3)cc2)cc1. The standard InChI is InChI=1S/C21H24Cl2N2O/c1-15-7-11-18(12-8-15)25(21(26)20(22)23)19-13-9-17(10-14-19)24-16-5-3-2-4-6-16/h7-14,16,20,24H,2-6H2,1H3. The van der Waals surface area contributed by atoms with Crippen molar-refractivity contribution in [3.63, 3.8) is 0 Å². The lowest BCUT2D eigenvalue weighted by molar-refractivity contribution is -0.116. The number of aryl methyl sites for hydroxylation is 1. The van der Waals surface area contributed by atoms with Crippen LogP contribution >= 0.6 is 23.2 Å². The van der Waals surface area contributed by atoms with Crippen LogP contribution in [-0.4, -0.2) is 16.8 Å². The molecular formula is C21H24Cl2N2O. The first-order valence-corrected chi connectivity index (χ1v) is 9.97. The molecule has 0 heterocycles. The van der Waals surface area contributed by atoms with Crippen LogP contribution in [0.3, 0.4) is 0 Å². The van der Waals surface area contributed by atoms with Crippen LogP contribution in [0, 0.1) is 6.92 Å². The van der Waals surface area contributed by atoms with E-state index in [1.54, 1.807) is 4.90 Å². The van der Waals surface area contributed by atoms with Gasteiger partial charge in [-0.1, -0.05) is 60.2 Å². The number of nitrogens with one attached hydrogen (secondary N) is 1. The molecule has 1 fully saturated rings. The minimum Gasteiger partial charge on any atom is -0.382 e. The molecule has 1 N–H and O–H groups in total. The van der Waals surface area contributed by atoms with E-state index < -0.39 is 4.84 Å². The number of benzene rings is 2. The number of alkyl halides is 2. The van der Waals surface area contributed by atoms with Crippen molar-refractivity contribution < 1.29 is 4.79 Å². The first kappa shape index (κ1) is 19.1. The topological polar surface area (TPSA) is 32.3 Å². The van der Waals surface area contributed by atoms with Gasteiger partial charge in [0.15, 0.2) is 4.84 Å². The molecule has 0 saturated heterocycles. The lowest BCUT2D eigenvalue weighted by Crippen LogP contribution is -2.30. The Bertz CT molecular complexity index is 723. The zero-order valence-corrected chi connectivity index (χ0v) is 16.4. The van der Waals surface area contributed by atoms with E-state index in [4.69, 9.17) is 23.2 Å². The second-order valence-electron chi connectivity index (χ2n) is 6.84. The molecule has 0 radical (unpaired) electrons. The quantitative estimate of drug-likeness (QED) is 0.615. The number of carbonyl (C=O) groups is 1. The van der Waals surface area contributed by atoms with Gasteiger partial charge in [0, 0.05) is 23.1 Å². The van der Waals surface area contributed by atoms with Gasteiger partial charge in [-0.05, 0) is 56.2 Å². The van der Waals surface area contributed by atoms with Crippen LogP contribution in [-0.2, 0) is 4.79 Å². The van der Waals surface area contributed by atoms with E-state index in [9.17, 15) is 4.79 Å². The Morgan fingerprint density at radius 1 is 0.962 bits per heavy atom. The third kappa shape index (κ3) is 4.72. The van der Waals surface area contributed by atoms with Crippen molar-refractivity contribution >= 4 is 46.2 Å². The Kier molecular flexibility index (Phi) is 6.44. The van der Waals surface area contributed by atoms with Crippen LogP contribution in [0.5, 0.6) is 0 Å². The molecule has 3 nitrogen and oxygen atoms in total. The highest BCUT2D eigenvalue weighted by Gasteiger charge is 2.23. The summed E-state index contributed by atoms with van der Waals surface area (Å²) in [6, 6.07) is 16.1. The van der Waals surface area contributed by atoms with E-state index in [0.717, 1.165) is 22.6 Å². The van der Waals surface area contributed by atoms with Gasteiger partial charge in [0.05, 0.1) is 0 Å². The molecule has 5 heteroatoms. The second kappa shape index (κ2) is 8.79. The monoisotopic (exact) mass is 390 g/mol. The maximum atomic E-state index is 12.6. The highest BCUT2D eigenvalue weighted by Crippen LogP contribution is 2.30. The largest absolute Gasteiger partial charge is 0.382 e. The minimum absolute atomic E-state index is 0.356. The maximum Gasteiger partial charge on any atom is 0.264 e. The Balaban J connectivity index is 1.81. The third-order valence-corrected chi connectivity index (χ3v) is 5.17. The normalized spacial score (nSPS) is 15.1. The Labute approximate surface area is 165 Å². The highest BCUT2D eigenvalue weighted by molar-refractivity contribution is 6.55. The molecule has 1 aliphatic rings. The smallest absolute Gasteiger partial charge is 0.264 e. The van der Waals surface area contributed by atoms with Crippen LogP contribution in [0.15, 0.2) is 48.5 Å². The van der Waals surface area contributed by atoms with E-state index >= 15 is 0 Å². The minimum atomic E-state index is -1.11. The second-order valence-corrected chi connectivity index (χ2v) is 7.93. The molecule has 0 aliphatic heterocycles. The van der Waals surface area contributed by atoms with Crippen LogP contribution in [0.1, 0.15) is 37.7 Å². The summed E-state index contributed by atoms with van der Waals surface area (Å²) in [5.41, 5.74) is 3.70. The molecular weight excluding hydrogens is 367 g/mol.